The van der Waals surface area contributed by atoms with E-state index in [9.17, 15) is 0 Å². The fourth-order valence-electron chi connectivity index (χ4n) is 2.63. The molecular weight excluding hydrogens is 330 g/mol. The van der Waals surface area contributed by atoms with Crippen LogP contribution < -0.4 is 10.1 Å². The molecule has 0 aliphatic rings. The summed E-state index contributed by atoms with van der Waals surface area (Å²) >= 11 is 6.18. The summed E-state index contributed by atoms with van der Waals surface area (Å²) in [6, 6.07) is 22.4. The minimum atomic E-state index is 0.541. The predicted molar refractivity (Wildman–Crippen MR) is 105 cm³/mol. The van der Waals surface area contributed by atoms with Crippen LogP contribution in [-0.2, 0) is 13.2 Å². The molecule has 0 saturated heterocycles. The molecule has 2 nitrogen and oxygen atoms in total. The summed E-state index contributed by atoms with van der Waals surface area (Å²) in [5, 5.41) is 4.18. The van der Waals surface area contributed by atoms with E-state index in [0.717, 1.165) is 22.6 Å². The molecule has 0 aliphatic heterocycles. The van der Waals surface area contributed by atoms with Gasteiger partial charge in [-0.3, -0.25) is 0 Å². The topological polar surface area (TPSA) is 21.3 Å². The highest BCUT2D eigenvalue weighted by atomic mass is 35.5. The van der Waals surface area contributed by atoms with Crippen LogP contribution in [0.3, 0.4) is 0 Å². The summed E-state index contributed by atoms with van der Waals surface area (Å²) in [7, 11) is 0. The quantitative estimate of drug-likeness (QED) is 0.575. The van der Waals surface area contributed by atoms with Gasteiger partial charge in [0.05, 0.1) is 0 Å². The third-order valence-electron chi connectivity index (χ3n) is 4.15. The van der Waals surface area contributed by atoms with Crippen molar-refractivity contribution in [3.63, 3.8) is 0 Å². The van der Waals surface area contributed by atoms with Gasteiger partial charge in [0.1, 0.15) is 12.4 Å². The van der Waals surface area contributed by atoms with Gasteiger partial charge in [0.25, 0.3) is 0 Å². The number of hydrogen-bond donors (Lipinski definition) is 1. The molecule has 0 radical (unpaired) electrons. The lowest BCUT2D eigenvalue weighted by Gasteiger charge is -2.14. The predicted octanol–water partition coefficient (Wildman–Crippen LogP) is 6.15. The Morgan fingerprint density at radius 2 is 1.68 bits per heavy atom. The number of para-hydroxylation sites is 1. The Morgan fingerprint density at radius 3 is 2.44 bits per heavy atom. The molecule has 3 heteroatoms. The van der Waals surface area contributed by atoms with Crippen molar-refractivity contribution in [2.75, 3.05) is 5.32 Å². The van der Waals surface area contributed by atoms with Crippen LogP contribution >= 0.6 is 11.6 Å². The van der Waals surface area contributed by atoms with Crippen molar-refractivity contribution in [1.82, 2.24) is 0 Å². The molecule has 3 aromatic carbocycles. The second-order valence-corrected chi connectivity index (χ2v) is 6.63. The molecule has 0 amide bonds. The van der Waals surface area contributed by atoms with E-state index in [1.807, 2.05) is 30.3 Å². The monoisotopic (exact) mass is 351 g/mol. The first-order chi connectivity index (χ1) is 12.1. The lowest BCUT2D eigenvalue weighted by atomic mass is 10.1. The van der Waals surface area contributed by atoms with Crippen molar-refractivity contribution < 1.29 is 4.74 Å². The van der Waals surface area contributed by atoms with E-state index in [1.54, 1.807) is 0 Å². The Morgan fingerprint density at radius 1 is 0.920 bits per heavy atom. The molecule has 25 heavy (non-hydrogen) atoms. The average Bonchev–Trinajstić information content (AvgIpc) is 2.61. The van der Waals surface area contributed by atoms with Crippen LogP contribution in [0.4, 0.5) is 5.69 Å². The summed E-state index contributed by atoms with van der Waals surface area (Å²) in [6.07, 6.45) is 0. The number of aryl methyl sites for hydroxylation is 2. The van der Waals surface area contributed by atoms with Crippen molar-refractivity contribution in [2.24, 2.45) is 0 Å². The zero-order valence-electron chi connectivity index (χ0n) is 14.6. The molecule has 0 atom stereocenters. The molecule has 0 bridgehead atoms. The third kappa shape index (κ3) is 4.77. The van der Waals surface area contributed by atoms with Crippen LogP contribution in [0.1, 0.15) is 22.3 Å². The van der Waals surface area contributed by atoms with E-state index in [2.05, 4.69) is 55.6 Å². The molecule has 1 N–H and O–H groups in total. The highest BCUT2D eigenvalue weighted by Gasteiger charge is 2.06. The molecule has 128 valence electrons. The van der Waals surface area contributed by atoms with Crippen LogP contribution in [0.2, 0.25) is 5.02 Å². The first kappa shape index (κ1) is 17.4. The van der Waals surface area contributed by atoms with Crippen molar-refractivity contribution in [3.05, 3.63) is 94.0 Å². The fraction of sp³-hybridized carbons (Fsp3) is 0.182. The summed E-state index contributed by atoms with van der Waals surface area (Å²) in [5.74, 6) is 0.853. The first-order valence-electron chi connectivity index (χ1n) is 8.38. The normalized spacial score (nSPS) is 10.5. The minimum absolute atomic E-state index is 0.541. The van der Waals surface area contributed by atoms with Gasteiger partial charge in [-0.25, -0.2) is 0 Å². The maximum absolute atomic E-state index is 6.18. The van der Waals surface area contributed by atoms with Crippen LogP contribution in [-0.4, -0.2) is 0 Å². The molecular formula is C22H22ClNO. The van der Waals surface area contributed by atoms with Crippen LogP contribution in [0.5, 0.6) is 5.75 Å². The van der Waals surface area contributed by atoms with E-state index < -0.39 is 0 Å². The second kappa shape index (κ2) is 8.09. The van der Waals surface area contributed by atoms with Gasteiger partial charge in [-0.15, -0.1) is 0 Å². The fourth-order valence-corrected chi connectivity index (χ4v) is 2.83. The van der Waals surface area contributed by atoms with Crippen molar-refractivity contribution >= 4 is 17.3 Å². The van der Waals surface area contributed by atoms with E-state index in [0.29, 0.717) is 18.2 Å². The first-order valence-corrected chi connectivity index (χ1v) is 8.76. The number of benzene rings is 3. The number of anilines is 1. The summed E-state index contributed by atoms with van der Waals surface area (Å²) in [5.41, 5.74) is 5.78. The zero-order valence-corrected chi connectivity index (χ0v) is 15.3. The number of halogens is 1. The smallest absolute Gasteiger partial charge is 0.124 e. The molecule has 0 aromatic heterocycles. The van der Waals surface area contributed by atoms with Gasteiger partial charge in [0.2, 0.25) is 0 Å². The molecule has 0 aliphatic carbocycles. The van der Waals surface area contributed by atoms with E-state index in [4.69, 9.17) is 16.3 Å². The number of nitrogens with one attached hydrogen (secondary N) is 1. The van der Waals surface area contributed by atoms with E-state index in [1.165, 1.54) is 11.1 Å². The van der Waals surface area contributed by atoms with Gasteiger partial charge in [-0.05, 0) is 49.2 Å². The van der Waals surface area contributed by atoms with Gasteiger partial charge in [-0.2, -0.15) is 0 Å². The highest BCUT2D eigenvalue weighted by molar-refractivity contribution is 6.30. The summed E-state index contributed by atoms with van der Waals surface area (Å²) in [4.78, 5) is 0. The molecule has 3 rings (SSSR count). The standard InChI is InChI=1S/C22H22ClNO/c1-16-7-9-18(10-8-16)15-25-22-12-11-20(23)13-19(22)14-24-21-6-4-3-5-17(21)2/h3-13,24H,14-15H2,1-2H3. The SMILES string of the molecule is Cc1ccc(COc2ccc(Cl)cc2CNc2ccccc2C)cc1. The van der Waals surface area contributed by atoms with E-state index in [-0.39, 0.29) is 0 Å². The molecule has 0 heterocycles. The second-order valence-electron chi connectivity index (χ2n) is 6.19. The summed E-state index contributed by atoms with van der Waals surface area (Å²) < 4.78 is 6.04. The highest BCUT2D eigenvalue weighted by Crippen LogP contribution is 2.25. The van der Waals surface area contributed by atoms with Gasteiger partial charge >= 0.3 is 0 Å². The largest absolute Gasteiger partial charge is 0.489 e. The summed E-state index contributed by atoms with van der Waals surface area (Å²) in [6.45, 7) is 5.38. The Hall–Kier alpha value is -2.45. The average molecular weight is 352 g/mol. The Labute approximate surface area is 154 Å². The Kier molecular flexibility index (Phi) is 5.62. The third-order valence-corrected chi connectivity index (χ3v) is 4.39. The lowest BCUT2D eigenvalue weighted by molar-refractivity contribution is 0.303. The minimum Gasteiger partial charge on any atom is -0.489 e. The maximum Gasteiger partial charge on any atom is 0.124 e. The van der Waals surface area contributed by atoms with Crippen molar-refractivity contribution in [1.29, 1.82) is 0 Å². The van der Waals surface area contributed by atoms with Gasteiger partial charge < -0.3 is 10.1 Å². The van der Waals surface area contributed by atoms with Gasteiger partial charge in [0.15, 0.2) is 0 Å². The molecule has 0 spiro atoms. The molecule has 3 aromatic rings. The number of ether oxygens (including phenoxy) is 1. The van der Waals surface area contributed by atoms with Crippen LogP contribution in [0.25, 0.3) is 0 Å². The zero-order chi connectivity index (χ0) is 17.6. The molecule has 0 fully saturated rings. The lowest BCUT2D eigenvalue weighted by Crippen LogP contribution is -2.04. The van der Waals surface area contributed by atoms with Crippen LogP contribution in [0.15, 0.2) is 66.7 Å². The Balaban J connectivity index is 1.71. The maximum atomic E-state index is 6.18. The molecule has 0 saturated carbocycles. The Bertz CT molecular complexity index is 843. The van der Waals surface area contributed by atoms with Crippen molar-refractivity contribution in [2.45, 2.75) is 27.0 Å². The molecule has 0 unspecified atom stereocenters. The van der Waals surface area contributed by atoms with E-state index >= 15 is 0 Å². The van der Waals surface area contributed by atoms with Gasteiger partial charge in [-0.1, -0.05) is 59.6 Å². The number of hydrogen-bond acceptors (Lipinski definition) is 2. The van der Waals surface area contributed by atoms with Crippen molar-refractivity contribution in [3.8, 4) is 5.75 Å². The van der Waals surface area contributed by atoms with Gasteiger partial charge in [0, 0.05) is 22.8 Å². The van der Waals surface area contributed by atoms with Crippen LogP contribution in [0, 0.1) is 13.8 Å². The number of rotatable bonds is 6.